The monoisotopic (exact) mass is 247 g/mol. The summed E-state index contributed by atoms with van der Waals surface area (Å²) >= 11 is 0. The van der Waals surface area contributed by atoms with Crippen LogP contribution in [0.5, 0.6) is 0 Å². The third kappa shape index (κ3) is 2.73. The maximum absolute atomic E-state index is 12.0. The van der Waals surface area contributed by atoms with Crippen molar-refractivity contribution in [2.45, 2.75) is 32.4 Å². The Hall–Kier alpha value is -1.75. The van der Waals surface area contributed by atoms with Gasteiger partial charge >= 0.3 is 0 Å². The Morgan fingerprint density at radius 1 is 1.50 bits per heavy atom. The minimum Gasteiger partial charge on any atom is -0.301 e. The van der Waals surface area contributed by atoms with Gasteiger partial charge < -0.3 is 5.32 Å². The van der Waals surface area contributed by atoms with E-state index < -0.39 is 0 Å². The Bertz CT molecular complexity index is 433. The number of carbonyl (C=O) groups excluding carboxylic acids is 2. The lowest BCUT2D eigenvalue weighted by molar-refractivity contribution is -0.138. The van der Waals surface area contributed by atoms with Crippen molar-refractivity contribution in [1.82, 2.24) is 15.2 Å². The van der Waals surface area contributed by atoms with Crippen LogP contribution in [0.15, 0.2) is 24.5 Å². The van der Waals surface area contributed by atoms with Gasteiger partial charge in [-0.1, -0.05) is 13.0 Å². The molecule has 1 aromatic heterocycles. The highest BCUT2D eigenvalue weighted by Gasteiger charge is 2.37. The summed E-state index contributed by atoms with van der Waals surface area (Å²) in [4.78, 5) is 29.0. The van der Waals surface area contributed by atoms with E-state index in [9.17, 15) is 9.59 Å². The highest BCUT2D eigenvalue weighted by Crippen LogP contribution is 2.13. The van der Waals surface area contributed by atoms with Gasteiger partial charge in [0, 0.05) is 25.5 Å². The zero-order valence-corrected chi connectivity index (χ0v) is 10.4. The highest BCUT2D eigenvalue weighted by atomic mass is 16.2. The summed E-state index contributed by atoms with van der Waals surface area (Å²) in [6, 6.07) is 3.40. The van der Waals surface area contributed by atoms with Gasteiger partial charge in [-0.05, 0) is 18.1 Å². The van der Waals surface area contributed by atoms with Crippen molar-refractivity contribution in [3.05, 3.63) is 30.1 Å². The lowest BCUT2D eigenvalue weighted by Crippen LogP contribution is -2.38. The van der Waals surface area contributed by atoms with Gasteiger partial charge in [0.2, 0.25) is 11.8 Å². The van der Waals surface area contributed by atoms with Crippen molar-refractivity contribution in [1.29, 1.82) is 0 Å². The number of hydrogen-bond donors (Lipinski definition) is 1. The highest BCUT2D eigenvalue weighted by molar-refractivity contribution is 6.05. The van der Waals surface area contributed by atoms with Gasteiger partial charge in [-0.15, -0.1) is 0 Å². The molecule has 0 aliphatic carbocycles. The van der Waals surface area contributed by atoms with Gasteiger partial charge in [0.15, 0.2) is 0 Å². The molecule has 1 aromatic rings. The fourth-order valence-corrected chi connectivity index (χ4v) is 2.04. The third-order valence-corrected chi connectivity index (χ3v) is 2.97. The van der Waals surface area contributed by atoms with Crippen molar-refractivity contribution in [3.63, 3.8) is 0 Å². The molecule has 1 N–H and O–H groups in total. The molecule has 5 nitrogen and oxygen atoms in total. The fraction of sp³-hybridized carbons (Fsp3) is 0.462. The molecule has 1 aliphatic heterocycles. The van der Waals surface area contributed by atoms with Gasteiger partial charge in [-0.25, -0.2) is 0 Å². The van der Waals surface area contributed by atoms with E-state index in [0.717, 1.165) is 12.0 Å². The lowest BCUT2D eigenvalue weighted by Gasteiger charge is -2.14. The molecule has 2 amide bonds. The van der Waals surface area contributed by atoms with Crippen LogP contribution in [0.4, 0.5) is 0 Å². The molecule has 0 saturated carbocycles. The second-order valence-corrected chi connectivity index (χ2v) is 4.38. The number of nitrogens with one attached hydrogen (secondary N) is 1. The quantitative estimate of drug-likeness (QED) is 0.778. The van der Waals surface area contributed by atoms with Gasteiger partial charge in [0.05, 0.1) is 12.5 Å². The van der Waals surface area contributed by atoms with E-state index in [1.807, 2.05) is 19.1 Å². The summed E-state index contributed by atoms with van der Waals surface area (Å²) in [5.41, 5.74) is 1.01. The number of imide groups is 1. The molecule has 2 rings (SSSR count). The minimum atomic E-state index is -0.385. The molecule has 2 heterocycles. The summed E-state index contributed by atoms with van der Waals surface area (Å²) in [5, 5.41) is 3.11. The number of carbonyl (C=O) groups is 2. The maximum Gasteiger partial charge on any atom is 0.246 e. The van der Waals surface area contributed by atoms with E-state index >= 15 is 0 Å². The number of aromatic nitrogens is 1. The molecule has 0 radical (unpaired) electrons. The summed E-state index contributed by atoms with van der Waals surface area (Å²) in [6.07, 6.45) is 4.51. The van der Waals surface area contributed by atoms with Crippen molar-refractivity contribution in [2.75, 3.05) is 6.54 Å². The average molecular weight is 247 g/mol. The number of hydrogen-bond acceptors (Lipinski definition) is 4. The molecule has 1 unspecified atom stereocenters. The van der Waals surface area contributed by atoms with Crippen LogP contribution in [0.3, 0.4) is 0 Å². The van der Waals surface area contributed by atoms with E-state index in [-0.39, 0.29) is 24.3 Å². The molecule has 0 spiro atoms. The maximum atomic E-state index is 12.0. The van der Waals surface area contributed by atoms with Crippen LogP contribution in [-0.4, -0.2) is 34.3 Å². The van der Waals surface area contributed by atoms with Crippen molar-refractivity contribution < 1.29 is 9.59 Å². The molecule has 1 aliphatic rings. The molecular formula is C13H17N3O2. The standard InChI is InChI=1S/C13H17N3O2/c1-2-6-16-12(17)7-11(13(16)18)15-9-10-4-3-5-14-8-10/h3-5,8,11,15H,2,6-7,9H2,1H3. The predicted molar refractivity (Wildman–Crippen MR) is 66.5 cm³/mol. The third-order valence-electron chi connectivity index (χ3n) is 2.97. The summed E-state index contributed by atoms with van der Waals surface area (Å²) in [7, 11) is 0. The van der Waals surface area contributed by atoms with Crippen molar-refractivity contribution >= 4 is 11.8 Å². The summed E-state index contributed by atoms with van der Waals surface area (Å²) in [5.74, 6) is -0.184. The predicted octanol–water partition coefficient (Wildman–Crippen LogP) is 0.709. The molecule has 96 valence electrons. The van der Waals surface area contributed by atoms with Gasteiger partial charge in [0.1, 0.15) is 0 Å². The summed E-state index contributed by atoms with van der Waals surface area (Å²) < 4.78 is 0. The molecule has 0 bridgehead atoms. The van der Waals surface area contributed by atoms with E-state index in [4.69, 9.17) is 0 Å². The molecule has 1 saturated heterocycles. The zero-order chi connectivity index (χ0) is 13.0. The molecule has 0 aromatic carbocycles. The van der Waals surface area contributed by atoms with Crippen LogP contribution in [0.25, 0.3) is 0 Å². The van der Waals surface area contributed by atoms with Crippen LogP contribution < -0.4 is 5.32 Å². The second-order valence-electron chi connectivity index (χ2n) is 4.38. The Morgan fingerprint density at radius 2 is 2.33 bits per heavy atom. The smallest absolute Gasteiger partial charge is 0.246 e. The molecule has 1 fully saturated rings. The summed E-state index contributed by atoms with van der Waals surface area (Å²) in [6.45, 7) is 3.02. The first-order valence-electron chi connectivity index (χ1n) is 6.19. The number of nitrogens with zero attached hydrogens (tertiary/aromatic N) is 2. The molecule has 5 heteroatoms. The van der Waals surface area contributed by atoms with Crippen molar-refractivity contribution in [3.8, 4) is 0 Å². The van der Waals surface area contributed by atoms with Crippen molar-refractivity contribution in [2.24, 2.45) is 0 Å². The van der Waals surface area contributed by atoms with E-state index in [2.05, 4.69) is 10.3 Å². The lowest BCUT2D eigenvalue weighted by atomic mass is 10.2. The SMILES string of the molecule is CCCN1C(=O)CC(NCc2cccnc2)C1=O. The minimum absolute atomic E-state index is 0.0782. The second kappa shape index (κ2) is 5.73. The fourth-order valence-electron chi connectivity index (χ4n) is 2.04. The first-order chi connectivity index (χ1) is 8.72. The number of likely N-dealkylation sites (tertiary alicyclic amines) is 1. The Labute approximate surface area is 106 Å². The Balaban J connectivity index is 1.91. The van der Waals surface area contributed by atoms with E-state index in [1.54, 1.807) is 12.4 Å². The average Bonchev–Trinajstić information content (AvgIpc) is 2.66. The van der Waals surface area contributed by atoms with E-state index in [1.165, 1.54) is 4.90 Å². The van der Waals surface area contributed by atoms with Crippen LogP contribution in [0.1, 0.15) is 25.3 Å². The Kier molecular flexibility index (Phi) is 4.04. The van der Waals surface area contributed by atoms with Crippen LogP contribution in [-0.2, 0) is 16.1 Å². The van der Waals surface area contributed by atoms with Gasteiger partial charge in [0.25, 0.3) is 0 Å². The molecule has 18 heavy (non-hydrogen) atoms. The zero-order valence-electron chi connectivity index (χ0n) is 10.4. The van der Waals surface area contributed by atoms with E-state index in [0.29, 0.717) is 13.1 Å². The topological polar surface area (TPSA) is 62.3 Å². The normalized spacial score (nSPS) is 19.6. The largest absolute Gasteiger partial charge is 0.301 e. The van der Waals surface area contributed by atoms with Gasteiger partial charge in [-0.3, -0.25) is 19.5 Å². The Morgan fingerprint density at radius 3 is 3.00 bits per heavy atom. The molecule has 1 atom stereocenters. The van der Waals surface area contributed by atoms with Crippen LogP contribution >= 0.6 is 0 Å². The van der Waals surface area contributed by atoms with Crippen LogP contribution in [0, 0.1) is 0 Å². The number of amides is 2. The first-order valence-corrected chi connectivity index (χ1v) is 6.19. The molecular weight excluding hydrogens is 230 g/mol. The van der Waals surface area contributed by atoms with Gasteiger partial charge in [-0.2, -0.15) is 0 Å². The number of rotatable bonds is 5. The first kappa shape index (κ1) is 12.7. The number of pyridine rings is 1. The van der Waals surface area contributed by atoms with Crippen LogP contribution in [0.2, 0.25) is 0 Å².